The average molecular weight is 423 g/mol. The Morgan fingerprint density at radius 3 is 2.70 bits per heavy atom. The number of nitrogens with one attached hydrogen (secondary N) is 1. The average Bonchev–Trinajstić information content (AvgIpc) is 3.18. The van der Waals surface area contributed by atoms with Gasteiger partial charge in [-0.25, -0.2) is 9.71 Å². The molecule has 0 saturated carbocycles. The quantitative estimate of drug-likeness (QED) is 0.505. The molecule has 1 N–H and O–H groups in total. The number of rotatable bonds is 4. The fourth-order valence-electron chi connectivity index (χ4n) is 2.42. The number of halogens is 1. The molecule has 0 amide bonds. The summed E-state index contributed by atoms with van der Waals surface area (Å²) < 4.78 is 34.2. The Labute approximate surface area is 162 Å². The van der Waals surface area contributed by atoms with Crippen molar-refractivity contribution in [3.8, 4) is 11.6 Å². The zero-order valence-electron chi connectivity index (χ0n) is 13.7. The highest BCUT2D eigenvalue weighted by atomic mass is 35.5. The van der Waals surface area contributed by atoms with E-state index in [2.05, 4.69) is 19.5 Å². The first-order valence-corrected chi connectivity index (χ1v) is 10.3. The summed E-state index contributed by atoms with van der Waals surface area (Å²) in [5.74, 6) is -1.08. The van der Waals surface area contributed by atoms with Crippen LogP contribution < -0.4 is 14.5 Å². The van der Waals surface area contributed by atoms with Crippen molar-refractivity contribution < 1.29 is 22.7 Å². The molecule has 0 atom stereocenters. The van der Waals surface area contributed by atoms with E-state index in [0.717, 1.165) is 26.3 Å². The highest BCUT2D eigenvalue weighted by molar-refractivity contribution is 7.92. The molecule has 0 spiro atoms. The Bertz CT molecular complexity index is 1250. The molecule has 2 aromatic carbocycles. The van der Waals surface area contributed by atoms with E-state index in [1.165, 1.54) is 0 Å². The second-order valence-electron chi connectivity index (χ2n) is 5.65. The first-order chi connectivity index (χ1) is 12.8. The Hall–Kier alpha value is -2.69. The molecule has 0 aliphatic rings. The molecule has 11 heteroatoms. The van der Waals surface area contributed by atoms with Gasteiger partial charge in [0.2, 0.25) is 5.69 Å². The van der Waals surface area contributed by atoms with Gasteiger partial charge in [-0.15, -0.1) is 0 Å². The summed E-state index contributed by atoms with van der Waals surface area (Å²) in [7, 11) is -4.29. The van der Waals surface area contributed by atoms with Crippen molar-refractivity contribution in [3.05, 3.63) is 53.1 Å². The van der Waals surface area contributed by atoms with E-state index in [9.17, 15) is 13.5 Å². The van der Waals surface area contributed by atoms with E-state index in [0.29, 0.717) is 16.2 Å². The minimum Gasteiger partial charge on any atom is -0.538 e. The number of aromatic nitrogens is 3. The van der Waals surface area contributed by atoms with Crippen LogP contribution >= 0.6 is 22.9 Å². The number of sulfonamides is 1. The van der Waals surface area contributed by atoms with Crippen LogP contribution in [0.3, 0.4) is 0 Å². The second kappa shape index (κ2) is 6.48. The Balaban J connectivity index is 1.75. The van der Waals surface area contributed by atoms with Crippen LogP contribution in [0.1, 0.15) is 5.56 Å². The summed E-state index contributed by atoms with van der Waals surface area (Å²) >= 11 is 7.04. The normalized spacial score (nSPS) is 11.8. The van der Waals surface area contributed by atoms with Gasteiger partial charge in [-0.05, 0) is 29.8 Å². The van der Waals surface area contributed by atoms with Crippen LogP contribution in [-0.2, 0) is 10.0 Å². The van der Waals surface area contributed by atoms with E-state index in [4.69, 9.17) is 11.6 Å². The number of hydrogen-bond acceptors (Lipinski definition) is 7. The van der Waals surface area contributed by atoms with Gasteiger partial charge in [0.05, 0.1) is 15.5 Å². The van der Waals surface area contributed by atoms with Gasteiger partial charge < -0.3 is 9.63 Å². The predicted octanol–water partition coefficient (Wildman–Crippen LogP) is 2.40. The van der Waals surface area contributed by atoms with Crippen LogP contribution in [0.5, 0.6) is 5.95 Å². The molecule has 0 radical (unpaired) electrons. The lowest BCUT2D eigenvalue weighted by Crippen LogP contribution is -2.40. The van der Waals surface area contributed by atoms with Gasteiger partial charge in [-0.2, -0.15) is 8.42 Å². The lowest BCUT2D eigenvalue weighted by atomic mass is 10.2. The zero-order chi connectivity index (χ0) is 19.2. The molecule has 4 rings (SSSR count). The molecule has 0 aliphatic carbocycles. The maximum atomic E-state index is 12.8. The molecule has 2 aromatic heterocycles. The first kappa shape index (κ1) is 17.7. The molecular weight excluding hydrogens is 412 g/mol. The summed E-state index contributed by atoms with van der Waals surface area (Å²) in [6, 6.07) is 11.8. The van der Waals surface area contributed by atoms with E-state index < -0.39 is 21.0 Å². The van der Waals surface area contributed by atoms with Crippen molar-refractivity contribution >= 4 is 48.3 Å². The largest absolute Gasteiger partial charge is 0.538 e. The van der Waals surface area contributed by atoms with Crippen molar-refractivity contribution in [2.45, 2.75) is 11.9 Å². The summed E-state index contributed by atoms with van der Waals surface area (Å²) in [5, 5.41) is 15.5. The van der Waals surface area contributed by atoms with E-state index >= 15 is 0 Å². The molecule has 0 saturated heterocycles. The van der Waals surface area contributed by atoms with E-state index in [1.54, 1.807) is 42.5 Å². The molecule has 0 bridgehead atoms. The third-order valence-electron chi connectivity index (χ3n) is 3.68. The van der Waals surface area contributed by atoms with Crippen LogP contribution in [0.4, 0.5) is 5.13 Å². The number of fused-ring (bicyclic) bond motifs is 1. The van der Waals surface area contributed by atoms with Crippen LogP contribution in [0.25, 0.3) is 15.9 Å². The van der Waals surface area contributed by atoms with Crippen LogP contribution in [0.2, 0.25) is 5.02 Å². The fraction of sp³-hybridized carbons (Fsp3) is 0.0625. The molecule has 0 fully saturated rings. The molecule has 0 unspecified atom stereocenters. The van der Waals surface area contributed by atoms with Gasteiger partial charge in [0.1, 0.15) is 0 Å². The minimum absolute atomic E-state index is 0.100. The standard InChI is InChI=1S/C16H11ClN4O4S2/c1-9-2-5-11(6-3-9)21-14(15(22)25-20-21)27(23,24)19-16-18-12-8-10(17)4-7-13(12)26-16/h2-8H,1H3,(H-,18,19,20,22). The summed E-state index contributed by atoms with van der Waals surface area (Å²) in [4.78, 5) is 4.19. The zero-order valence-corrected chi connectivity index (χ0v) is 16.1. The first-order valence-electron chi connectivity index (χ1n) is 7.58. The molecular formula is C16H11ClN4O4S2. The van der Waals surface area contributed by atoms with Crippen molar-refractivity contribution in [2.24, 2.45) is 0 Å². The molecule has 27 heavy (non-hydrogen) atoms. The minimum atomic E-state index is -4.29. The Morgan fingerprint density at radius 2 is 1.96 bits per heavy atom. The Morgan fingerprint density at radius 1 is 1.22 bits per heavy atom. The number of aryl methyl sites for hydroxylation is 1. The summed E-state index contributed by atoms with van der Waals surface area (Å²) in [6.07, 6.45) is 0. The predicted molar refractivity (Wildman–Crippen MR) is 97.7 cm³/mol. The maximum absolute atomic E-state index is 12.8. The van der Waals surface area contributed by atoms with Crippen molar-refractivity contribution in [3.63, 3.8) is 0 Å². The third kappa shape index (κ3) is 3.34. The van der Waals surface area contributed by atoms with Crippen LogP contribution in [-0.4, -0.2) is 18.7 Å². The summed E-state index contributed by atoms with van der Waals surface area (Å²) in [5.41, 5.74) is 1.90. The SMILES string of the molecule is Cc1ccc(-[n+]2noc([O-])c2S(=O)(=O)Nc2nc3cc(Cl)ccc3s2)cc1. The van der Waals surface area contributed by atoms with Gasteiger partial charge >= 0.3 is 15.0 Å². The second-order valence-corrected chi connectivity index (χ2v) is 8.71. The van der Waals surface area contributed by atoms with Gasteiger partial charge in [0, 0.05) is 17.2 Å². The maximum Gasteiger partial charge on any atom is 0.373 e. The summed E-state index contributed by atoms with van der Waals surface area (Å²) in [6.45, 7) is 1.88. The van der Waals surface area contributed by atoms with Crippen LogP contribution in [0, 0.1) is 6.92 Å². The van der Waals surface area contributed by atoms with Crippen molar-refractivity contribution in [2.75, 3.05) is 4.72 Å². The molecule has 0 aliphatic heterocycles. The van der Waals surface area contributed by atoms with E-state index in [1.807, 2.05) is 6.92 Å². The van der Waals surface area contributed by atoms with Gasteiger partial charge in [0.25, 0.3) is 0 Å². The number of thiazole rings is 1. The highest BCUT2D eigenvalue weighted by Gasteiger charge is 2.34. The van der Waals surface area contributed by atoms with Gasteiger partial charge in [-0.3, -0.25) is 0 Å². The number of hydrogen-bond donors (Lipinski definition) is 1. The third-order valence-corrected chi connectivity index (χ3v) is 6.30. The molecule has 4 aromatic rings. The number of anilines is 1. The number of nitrogens with zero attached hydrogens (tertiary/aromatic N) is 3. The fourth-order valence-corrected chi connectivity index (χ4v) is 4.78. The Kier molecular flexibility index (Phi) is 4.25. The van der Waals surface area contributed by atoms with Gasteiger partial charge in [0.15, 0.2) is 11.1 Å². The van der Waals surface area contributed by atoms with Crippen LogP contribution in [0.15, 0.2) is 52.0 Å². The highest BCUT2D eigenvalue weighted by Crippen LogP contribution is 2.30. The van der Waals surface area contributed by atoms with Crippen molar-refractivity contribution in [1.29, 1.82) is 0 Å². The number of benzene rings is 2. The van der Waals surface area contributed by atoms with Crippen molar-refractivity contribution in [1.82, 2.24) is 10.3 Å². The van der Waals surface area contributed by atoms with Gasteiger partial charge in [-0.1, -0.05) is 40.6 Å². The molecule has 138 valence electrons. The monoisotopic (exact) mass is 422 g/mol. The lowest BCUT2D eigenvalue weighted by Gasteiger charge is -2.02. The molecule has 2 heterocycles. The molecule has 8 nitrogen and oxygen atoms in total. The smallest absolute Gasteiger partial charge is 0.373 e. The van der Waals surface area contributed by atoms with E-state index in [-0.39, 0.29) is 5.13 Å². The lowest BCUT2D eigenvalue weighted by molar-refractivity contribution is -0.706. The topological polar surface area (TPSA) is 112 Å².